The smallest absolute Gasteiger partial charge is 0.265 e. The topological polar surface area (TPSA) is 117 Å². The lowest BCUT2D eigenvalue weighted by Gasteiger charge is -2.32. The molecule has 3 N–H and O–H groups in total. The number of nitrogens with zero attached hydrogens (tertiary/aromatic N) is 3. The van der Waals surface area contributed by atoms with Crippen LogP contribution in [0.2, 0.25) is 5.02 Å². The Balaban J connectivity index is 1.17. The Morgan fingerprint density at radius 2 is 1.80 bits per heavy atom. The van der Waals surface area contributed by atoms with Gasteiger partial charge in [-0.05, 0) is 62.1 Å². The number of sulfonamides is 1. The third-order valence-corrected chi connectivity index (χ3v) is 9.90. The van der Waals surface area contributed by atoms with Crippen molar-refractivity contribution in [3.8, 4) is 16.9 Å². The quantitative estimate of drug-likeness (QED) is 0.237. The Morgan fingerprint density at radius 3 is 2.55 bits per heavy atom. The molecule has 2 aliphatic heterocycles. The largest absolute Gasteiger partial charge is 0.489 e. The zero-order valence-electron chi connectivity index (χ0n) is 23.2. The first kappa shape index (κ1) is 29.1. The van der Waals surface area contributed by atoms with Crippen molar-refractivity contribution < 1.29 is 31.4 Å². The molecule has 3 heterocycles. The molecule has 1 atom stereocenters. The Kier molecular flexibility index (Phi) is 7.31. The second-order valence-corrected chi connectivity index (χ2v) is 13.4. The predicted molar refractivity (Wildman–Crippen MR) is 159 cm³/mol. The number of hydrogen-bond acceptors (Lipinski definition) is 8. The van der Waals surface area contributed by atoms with Crippen LogP contribution in [-0.2, 0) is 10.0 Å². The van der Waals surface area contributed by atoms with Crippen LogP contribution in [0, 0.1) is 17.5 Å². The molecule has 0 radical (unpaired) electrons. The van der Waals surface area contributed by atoms with Crippen molar-refractivity contribution in [2.24, 2.45) is 0 Å². The molecule has 1 aliphatic carbocycles. The van der Waals surface area contributed by atoms with Gasteiger partial charge < -0.3 is 20.1 Å². The van der Waals surface area contributed by atoms with Crippen molar-refractivity contribution >= 4 is 44.2 Å². The highest BCUT2D eigenvalue weighted by molar-refractivity contribution is 7.92. The van der Waals surface area contributed by atoms with Gasteiger partial charge in [0.15, 0.2) is 5.82 Å². The van der Waals surface area contributed by atoms with E-state index in [4.69, 9.17) is 16.3 Å². The van der Waals surface area contributed by atoms with Crippen LogP contribution in [0.15, 0.2) is 47.5 Å². The number of anilines is 2. The van der Waals surface area contributed by atoms with Crippen LogP contribution in [0.25, 0.3) is 22.0 Å². The van der Waals surface area contributed by atoms with Crippen molar-refractivity contribution in [3.05, 3.63) is 70.6 Å². The SMILES string of the molecule is O=S(=O)(Nc1ccc(F)c(-c2ccc3nc(NC4CCN(C5CC5)CC4)ncc3c2F)c1F)c1cc(Cl)cc2c1OCC2O. The van der Waals surface area contributed by atoms with E-state index in [2.05, 4.69) is 24.9 Å². The van der Waals surface area contributed by atoms with Crippen LogP contribution in [0.5, 0.6) is 5.75 Å². The molecule has 1 saturated heterocycles. The lowest BCUT2D eigenvalue weighted by molar-refractivity contribution is 0.140. The molecule has 0 bridgehead atoms. The molecule has 14 heteroatoms. The first-order valence-corrected chi connectivity index (χ1v) is 16.1. The van der Waals surface area contributed by atoms with Gasteiger partial charge in [0.2, 0.25) is 5.95 Å². The molecule has 3 aromatic carbocycles. The molecule has 7 rings (SSSR count). The van der Waals surface area contributed by atoms with Crippen molar-refractivity contribution in [3.63, 3.8) is 0 Å². The maximum absolute atomic E-state index is 15.8. The van der Waals surface area contributed by atoms with Gasteiger partial charge in [0, 0.05) is 47.5 Å². The lowest BCUT2D eigenvalue weighted by atomic mass is 10.0. The zero-order valence-corrected chi connectivity index (χ0v) is 24.7. The van der Waals surface area contributed by atoms with E-state index in [0.29, 0.717) is 12.0 Å². The van der Waals surface area contributed by atoms with E-state index < -0.39 is 55.3 Å². The number of nitrogens with one attached hydrogen (secondary N) is 2. The second-order valence-electron chi connectivity index (χ2n) is 11.3. The third-order valence-electron chi connectivity index (χ3n) is 8.31. The minimum absolute atomic E-state index is 0.00622. The summed E-state index contributed by atoms with van der Waals surface area (Å²) in [7, 11) is -4.54. The van der Waals surface area contributed by atoms with Gasteiger partial charge in [-0.25, -0.2) is 31.6 Å². The number of fused-ring (bicyclic) bond motifs is 2. The van der Waals surface area contributed by atoms with Crippen molar-refractivity contribution in [1.82, 2.24) is 14.9 Å². The summed E-state index contributed by atoms with van der Waals surface area (Å²) < 4.78 is 80.6. The number of aromatic nitrogens is 2. The minimum Gasteiger partial charge on any atom is -0.489 e. The number of benzene rings is 3. The molecule has 1 saturated carbocycles. The highest BCUT2D eigenvalue weighted by Gasteiger charge is 2.33. The Labute approximate surface area is 256 Å². The number of likely N-dealkylation sites (tertiary alicyclic amines) is 1. The van der Waals surface area contributed by atoms with E-state index in [0.717, 1.165) is 44.1 Å². The average Bonchev–Trinajstić information content (AvgIpc) is 3.78. The fraction of sp³-hybridized carbons (Fsp3) is 0.333. The van der Waals surface area contributed by atoms with E-state index in [1.54, 1.807) is 0 Å². The van der Waals surface area contributed by atoms with Gasteiger partial charge in [-0.15, -0.1) is 0 Å². The van der Waals surface area contributed by atoms with E-state index in [1.807, 2.05) is 0 Å². The number of hydrogen-bond donors (Lipinski definition) is 3. The highest BCUT2D eigenvalue weighted by atomic mass is 35.5. The summed E-state index contributed by atoms with van der Waals surface area (Å²) in [4.78, 5) is 10.7. The predicted octanol–water partition coefficient (Wildman–Crippen LogP) is 5.63. The molecule has 44 heavy (non-hydrogen) atoms. The Bertz CT molecular complexity index is 1900. The Morgan fingerprint density at radius 1 is 1.02 bits per heavy atom. The van der Waals surface area contributed by atoms with Crippen LogP contribution in [-0.4, -0.2) is 60.2 Å². The van der Waals surface area contributed by atoms with Gasteiger partial charge in [-0.3, -0.25) is 4.72 Å². The van der Waals surface area contributed by atoms with Crippen molar-refractivity contribution in [1.29, 1.82) is 0 Å². The van der Waals surface area contributed by atoms with Gasteiger partial charge in [0.25, 0.3) is 10.0 Å². The summed E-state index contributed by atoms with van der Waals surface area (Å²) in [5.74, 6) is -3.18. The van der Waals surface area contributed by atoms with Crippen LogP contribution >= 0.6 is 11.6 Å². The van der Waals surface area contributed by atoms with Crippen molar-refractivity contribution in [2.75, 3.05) is 29.7 Å². The molecule has 1 aromatic heterocycles. The molecule has 9 nitrogen and oxygen atoms in total. The lowest BCUT2D eigenvalue weighted by Crippen LogP contribution is -2.40. The number of rotatable bonds is 7. The third kappa shape index (κ3) is 5.31. The highest BCUT2D eigenvalue weighted by Crippen LogP contribution is 2.42. The number of piperidine rings is 1. The van der Waals surface area contributed by atoms with Crippen molar-refractivity contribution in [2.45, 2.75) is 48.8 Å². The fourth-order valence-electron chi connectivity index (χ4n) is 5.89. The maximum atomic E-state index is 15.8. The summed E-state index contributed by atoms with van der Waals surface area (Å²) in [6.45, 7) is 1.81. The van der Waals surface area contributed by atoms with Gasteiger partial charge in [-0.2, -0.15) is 0 Å². The maximum Gasteiger partial charge on any atom is 0.265 e. The van der Waals surface area contributed by atoms with Crippen LogP contribution in [0.3, 0.4) is 0 Å². The average molecular weight is 646 g/mol. The van der Waals surface area contributed by atoms with Crippen LogP contribution in [0.1, 0.15) is 37.4 Å². The molecule has 0 amide bonds. The fourth-order valence-corrected chi connectivity index (χ4v) is 7.44. The molecule has 230 valence electrons. The summed E-state index contributed by atoms with van der Waals surface area (Å²) >= 11 is 6.06. The van der Waals surface area contributed by atoms with E-state index in [9.17, 15) is 13.5 Å². The first-order chi connectivity index (χ1) is 21.1. The summed E-state index contributed by atoms with van der Waals surface area (Å²) in [6.07, 6.45) is 4.58. The van der Waals surface area contributed by atoms with Gasteiger partial charge in [0.05, 0.1) is 22.2 Å². The Hall–Kier alpha value is -3.65. The van der Waals surface area contributed by atoms with Gasteiger partial charge in [-0.1, -0.05) is 11.6 Å². The summed E-state index contributed by atoms with van der Waals surface area (Å²) in [5.41, 5.74) is -1.42. The van der Waals surface area contributed by atoms with Crippen LogP contribution in [0.4, 0.5) is 24.8 Å². The van der Waals surface area contributed by atoms with E-state index in [1.165, 1.54) is 37.2 Å². The molecule has 3 aliphatic rings. The van der Waals surface area contributed by atoms with E-state index >= 15 is 13.2 Å². The van der Waals surface area contributed by atoms with Crippen LogP contribution < -0.4 is 14.8 Å². The van der Waals surface area contributed by atoms with Gasteiger partial charge >= 0.3 is 0 Å². The molecule has 0 spiro atoms. The minimum atomic E-state index is -4.54. The zero-order chi connectivity index (χ0) is 30.7. The standard InChI is InChI=1S/C30H27ClF3N5O4S/c31-15-11-19-24(40)14-43-29(19)25(12-15)44(41,42)38-23-6-4-21(32)26(28(23)34)18-3-5-22-20(27(18)33)13-35-30(37-22)36-16-7-9-39(10-8-16)17-1-2-17/h3-6,11-13,16-17,24,38,40H,1-2,7-10,14H2,(H,35,36,37). The van der Waals surface area contributed by atoms with Gasteiger partial charge in [0.1, 0.15) is 35.0 Å². The molecule has 2 fully saturated rings. The monoisotopic (exact) mass is 645 g/mol. The molecular formula is C30H27ClF3N5O4S. The van der Waals surface area contributed by atoms with E-state index in [-0.39, 0.29) is 39.9 Å². The number of aliphatic hydroxyl groups is 1. The first-order valence-electron chi connectivity index (χ1n) is 14.2. The molecule has 1 unspecified atom stereocenters. The summed E-state index contributed by atoms with van der Waals surface area (Å²) in [5, 5.41) is 13.4. The second kappa shape index (κ2) is 11.1. The molecular weight excluding hydrogens is 619 g/mol. The number of halogens is 4. The number of aliphatic hydroxyl groups excluding tert-OH is 1. The number of ether oxygens (including phenoxy) is 1. The molecule has 4 aromatic rings. The normalized spacial score (nSPS) is 19.2. The summed E-state index contributed by atoms with van der Waals surface area (Å²) in [6, 6.07) is 7.72.